The minimum Gasteiger partial charge on any atom is -0.497 e. The maximum Gasteiger partial charge on any atom is 0.380 e. The van der Waals surface area contributed by atoms with Crippen LogP contribution in [0.3, 0.4) is 0 Å². The van der Waals surface area contributed by atoms with Crippen molar-refractivity contribution in [3.8, 4) is 17.4 Å². The monoisotopic (exact) mass is 871 g/mol. The first-order valence-corrected chi connectivity index (χ1v) is 22.6. The van der Waals surface area contributed by atoms with E-state index in [1.807, 2.05) is 19.9 Å². The van der Waals surface area contributed by atoms with Crippen molar-refractivity contribution in [2.75, 3.05) is 59.9 Å². The number of sulfonamides is 1. The molecule has 3 atom stereocenters. The Labute approximate surface area is 350 Å². The number of para-hydroxylation sites is 1. The van der Waals surface area contributed by atoms with Gasteiger partial charge in [0.25, 0.3) is 6.47 Å². The van der Waals surface area contributed by atoms with Crippen LogP contribution in [0.1, 0.15) is 65.9 Å². The smallest absolute Gasteiger partial charge is 0.380 e. The summed E-state index contributed by atoms with van der Waals surface area (Å²) in [5.74, 6) is 1.78. The van der Waals surface area contributed by atoms with Crippen LogP contribution >= 0.6 is 7.60 Å². The van der Waals surface area contributed by atoms with Crippen LogP contribution in [0.5, 0.6) is 17.4 Å². The highest BCUT2D eigenvalue weighted by Gasteiger charge is 2.26. The number of ether oxygens (including phenoxy) is 4. The molecule has 0 saturated heterocycles. The van der Waals surface area contributed by atoms with Gasteiger partial charge in [0.2, 0.25) is 15.9 Å². The summed E-state index contributed by atoms with van der Waals surface area (Å²) in [5, 5.41) is 15.4. The third-order valence-electron chi connectivity index (χ3n) is 8.04. The van der Waals surface area contributed by atoms with E-state index in [4.69, 9.17) is 39.5 Å². The second kappa shape index (κ2) is 31.8. The molecular weight excluding hydrogens is 806 g/mol. The highest BCUT2D eigenvalue weighted by atomic mass is 32.2. The van der Waals surface area contributed by atoms with Gasteiger partial charge in [-0.2, -0.15) is 4.31 Å². The molecule has 0 fully saturated rings. The normalized spacial score (nSPS) is 12.8. The van der Waals surface area contributed by atoms with Crippen LogP contribution in [0.15, 0.2) is 77.8 Å². The first kappa shape index (κ1) is 54.9. The fourth-order valence-corrected chi connectivity index (χ4v) is 7.47. The molecule has 59 heavy (non-hydrogen) atoms. The molecular formula is C41H66N3O13PS. The first-order valence-electron chi connectivity index (χ1n) is 19.4. The van der Waals surface area contributed by atoms with Crippen LogP contribution in [0.4, 0.5) is 0 Å². The van der Waals surface area contributed by atoms with Crippen molar-refractivity contribution in [1.29, 1.82) is 0 Å². The number of nitrogens with zero attached hydrogens (tertiary/aromatic N) is 2. The average Bonchev–Trinajstić information content (AvgIpc) is 3.21. The van der Waals surface area contributed by atoms with Crippen LogP contribution in [0.25, 0.3) is 0 Å². The van der Waals surface area contributed by atoms with Gasteiger partial charge in [-0.25, -0.2) is 18.0 Å². The molecule has 0 aliphatic heterocycles. The quantitative estimate of drug-likeness (QED) is 0.0483. The van der Waals surface area contributed by atoms with E-state index in [0.717, 1.165) is 25.0 Å². The topological polar surface area (TPSA) is 234 Å². The lowest BCUT2D eigenvalue weighted by Crippen LogP contribution is -2.38. The number of aliphatic hydroxyl groups is 1. The van der Waals surface area contributed by atoms with E-state index in [1.165, 1.54) is 11.4 Å². The van der Waals surface area contributed by atoms with Crippen molar-refractivity contribution in [2.24, 2.45) is 17.6 Å². The lowest BCUT2D eigenvalue weighted by Gasteiger charge is -2.25. The van der Waals surface area contributed by atoms with Gasteiger partial charge in [-0.1, -0.05) is 58.4 Å². The van der Waals surface area contributed by atoms with Crippen molar-refractivity contribution in [2.45, 2.75) is 77.7 Å². The van der Waals surface area contributed by atoms with Gasteiger partial charge in [-0.3, -0.25) is 9.59 Å². The number of rotatable bonds is 23. The highest BCUT2D eigenvalue weighted by Crippen LogP contribution is 2.42. The van der Waals surface area contributed by atoms with Gasteiger partial charge >= 0.3 is 13.6 Å². The number of carbonyl (C=O) groups is 2. The van der Waals surface area contributed by atoms with Crippen molar-refractivity contribution < 1.29 is 61.1 Å². The summed E-state index contributed by atoms with van der Waals surface area (Å²) in [6.07, 6.45) is 4.85. The molecule has 3 aromatic rings. The molecule has 0 spiro atoms. The van der Waals surface area contributed by atoms with E-state index in [1.54, 1.807) is 87.8 Å². The van der Waals surface area contributed by atoms with Crippen LogP contribution in [-0.2, 0) is 40.1 Å². The number of aliphatic hydroxyl groups excluding tert-OH is 1. The summed E-state index contributed by atoms with van der Waals surface area (Å²) >= 11 is 0. The second-order valence-corrected chi connectivity index (χ2v) is 17.2. The lowest BCUT2D eigenvalue weighted by molar-refractivity contribution is -0.142. The van der Waals surface area contributed by atoms with Gasteiger partial charge in [0.05, 0.1) is 24.8 Å². The number of hydrogen-bond donors (Lipinski definition) is 4. The van der Waals surface area contributed by atoms with E-state index in [0.29, 0.717) is 55.7 Å². The zero-order chi connectivity index (χ0) is 44.7. The molecule has 0 saturated carbocycles. The number of carbonyl (C=O) groups excluding carboxylic acids is 1. The van der Waals surface area contributed by atoms with Crippen molar-refractivity contribution >= 4 is 30.1 Å². The van der Waals surface area contributed by atoms with Crippen LogP contribution in [-0.4, -0.2) is 111 Å². The van der Waals surface area contributed by atoms with Crippen LogP contribution in [0.2, 0.25) is 0 Å². The summed E-state index contributed by atoms with van der Waals surface area (Å²) in [4.78, 5) is 33.1. The molecule has 1 heterocycles. The molecule has 5 N–H and O–H groups in total. The van der Waals surface area contributed by atoms with E-state index in [-0.39, 0.29) is 55.2 Å². The summed E-state index contributed by atoms with van der Waals surface area (Å²) in [6.45, 7) is 11.6. The Bertz CT molecular complexity index is 1680. The number of pyridine rings is 1. The zero-order valence-electron chi connectivity index (χ0n) is 35.5. The largest absolute Gasteiger partial charge is 0.497 e. The van der Waals surface area contributed by atoms with Crippen molar-refractivity contribution in [3.05, 3.63) is 78.5 Å². The zero-order valence-corrected chi connectivity index (χ0v) is 37.2. The number of aromatic nitrogens is 1. The maximum atomic E-state index is 13.3. The molecule has 0 radical (unpaired) electrons. The average molecular weight is 872 g/mol. The SMILES string of the molecule is CCOC(=O)CC.CC[C@H](CCO)COC.COc1ccc(S(=O)(=O)N(CC[C@@H](N)Cc2ccc(OCCP(=O)(O)Oc3ccccc3)nc2)CC(C)C)cc1.O=CO. The predicted octanol–water partition coefficient (Wildman–Crippen LogP) is 6.04. The van der Waals surface area contributed by atoms with E-state index in [9.17, 15) is 22.7 Å². The van der Waals surface area contributed by atoms with E-state index < -0.39 is 17.6 Å². The van der Waals surface area contributed by atoms with Gasteiger partial charge < -0.3 is 44.3 Å². The molecule has 0 bridgehead atoms. The van der Waals surface area contributed by atoms with Gasteiger partial charge in [0.15, 0.2) is 0 Å². The maximum absolute atomic E-state index is 13.3. The Balaban J connectivity index is 0.00000146. The van der Waals surface area contributed by atoms with Crippen LogP contribution < -0.4 is 19.7 Å². The number of carboxylic acid groups (broad SMARTS) is 1. The number of esters is 1. The summed E-state index contributed by atoms with van der Waals surface area (Å²) < 4.78 is 65.6. The summed E-state index contributed by atoms with van der Waals surface area (Å²) in [6, 6.07) is 18.0. The molecule has 1 unspecified atom stereocenters. The fourth-order valence-electron chi connectivity index (χ4n) is 4.99. The summed E-state index contributed by atoms with van der Waals surface area (Å²) in [5.41, 5.74) is 7.23. The molecule has 3 rings (SSSR count). The van der Waals surface area contributed by atoms with Gasteiger partial charge in [-0.05, 0) is 80.0 Å². The predicted molar refractivity (Wildman–Crippen MR) is 227 cm³/mol. The molecule has 2 aromatic carbocycles. The number of hydrogen-bond acceptors (Lipinski definition) is 13. The molecule has 334 valence electrons. The molecule has 0 amide bonds. The molecule has 18 heteroatoms. The Hall–Kier alpha value is -4.09. The second-order valence-electron chi connectivity index (χ2n) is 13.3. The molecule has 1 aromatic heterocycles. The Morgan fingerprint density at radius 3 is 2.10 bits per heavy atom. The standard InChI is InChI=1S/C28H38N3O7PS.C7H16O2.C5H10O2.CH2O2/c1-22(2)21-31(40(34,35)27-12-10-25(36-3)11-13-27)16-15-24(29)19-23-9-14-28(30-20-23)37-17-18-39(32,33)38-26-7-5-4-6-8-26;1-3-7(4-5-8)6-9-2;1-3-5(6)7-4-2;2-1-3/h4-14,20,22,24H,15-19,21,29H2,1-3H3,(H,32,33);7-8H,3-6H2,1-2H3;3-4H2,1-2H3;1H,(H,2,3)/t24-;7-;;/m11../s1. The molecule has 0 aliphatic carbocycles. The van der Waals surface area contributed by atoms with Crippen molar-refractivity contribution in [1.82, 2.24) is 9.29 Å². The Morgan fingerprint density at radius 1 is 0.983 bits per heavy atom. The highest BCUT2D eigenvalue weighted by molar-refractivity contribution is 7.89. The summed E-state index contributed by atoms with van der Waals surface area (Å²) in [7, 11) is -4.32. The molecule has 16 nitrogen and oxygen atoms in total. The number of methoxy groups -OCH3 is 2. The van der Waals surface area contributed by atoms with Crippen LogP contribution in [0, 0.1) is 11.8 Å². The number of benzene rings is 2. The van der Waals surface area contributed by atoms with Gasteiger partial charge in [0.1, 0.15) is 18.1 Å². The molecule has 0 aliphatic rings. The van der Waals surface area contributed by atoms with E-state index in [2.05, 4.69) is 16.6 Å². The lowest BCUT2D eigenvalue weighted by atomic mass is 10.0. The minimum atomic E-state index is -3.86. The van der Waals surface area contributed by atoms with Gasteiger partial charge in [-0.15, -0.1) is 0 Å². The Kier molecular flexibility index (Phi) is 29.6. The van der Waals surface area contributed by atoms with Gasteiger partial charge in [0, 0.05) is 58.1 Å². The van der Waals surface area contributed by atoms with E-state index >= 15 is 0 Å². The fraction of sp³-hybridized carbons (Fsp3) is 0.537. The Morgan fingerprint density at radius 2 is 1.63 bits per heavy atom. The minimum absolute atomic E-state index is 0.0408. The first-order chi connectivity index (χ1) is 28.0. The third kappa shape index (κ3) is 25.2. The number of nitrogens with two attached hydrogens (primary N) is 1. The third-order valence-corrected chi connectivity index (χ3v) is 11.2. The van der Waals surface area contributed by atoms with Crippen molar-refractivity contribution in [3.63, 3.8) is 0 Å².